The summed E-state index contributed by atoms with van der Waals surface area (Å²) in [7, 11) is 0. The van der Waals surface area contributed by atoms with Crippen LogP contribution >= 0.6 is 0 Å². The van der Waals surface area contributed by atoms with E-state index in [1.807, 2.05) is 0 Å². The summed E-state index contributed by atoms with van der Waals surface area (Å²) in [6, 6.07) is 4.17. The van der Waals surface area contributed by atoms with Gasteiger partial charge in [0.1, 0.15) is 24.3 Å². The molecule has 0 saturated heterocycles. The molecule has 0 aliphatic carbocycles. The van der Waals surface area contributed by atoms with Crippen molar-refractivity contribution >= 4 is 17.2 Å². The number of pyridine rings is 1. The molecule has 0 atom stereocenters. The summed E-state index contributed by atoms with van der Waals surface area (Å²) >= 11 is 0. The van der Waals surface area contributed by atoms with E-state index in [9.17, 15) is 22.8 Å². The molecule has 0 aliphatic rings. The number of hydrogen-bond donors (Lipinski definition) is 1. The third kappa shape index (κ3) is 5.09. The highest BCUT2D eigenvalue weighted by molar-refractivity contribution is 5.90. The summed E-state index contributed by atoms with van der Waals surface area (Å²) in [6.45, 7) is 1.42. The molecule has 3 rings (SSSR count). The van der Waals surface area contributed by atoms with Crippen molar-refractivity contribution in [1.82, 2.24) is 24.4 Å². The van der Waals surface area contributed by atoms with Crippen LogP contribution in [0.3, 0.4) is 0 Å². The van der Waals surface area contributed by atoms with Crippen molar-refractivity contribution in [2.24, 2.45) is 0 Å². The number of rotatable bonds is 6. The molecule has 0 bridgehead atoms. The summed E-state index contributed by atoms with van der Waals surface area (Å²) in [6.07, 6.45) is -1.49. The first-order chi connectivity index (χ1) is 13.6. The highest BCUT2D eigenvalue weighted by Gasteiger charge is 2.29. The Bertz CT molecular complexity index is 1090. The number of nitrogens with zero attached hydrogens (tertiary/aromatic N) is 5. The van der Waals surface area contributed by atoms with Crippen LogP contribution in [0.15, 0.2) is 35.5 Å². The molecule has 0 saturated carbocycles. The van der Waals surface area contributed by atoms with E-state index in [4.69, 9.17) is 4.74 Å². The molecule has 9 nitrogen and oxygen atoms in total. The van der Waals surface area contributed by atoms with E-state index in [0.29, 0.717) is 11.3 Å². The van der Waals surface area contributed by atoms with Gasteiger partial charge in [0, 0.05) is 18.2 Å². The molecule has 0 radical (unpaired) electrons. The smallest absolute Gasteiger partial charge is 0.422 e. The van der Waals surface area contributed by atoms with Gasteiger partial charge in [-0.1, -0.05) is 13.8 Å². The monoisotopic (exact) mass is 410 g/mol. The molecular weight excluding hydrogens is 393 g/mol. The van der Waals surface area contributed by atoms with Gasteiger partial charge in [0.2, 0.25) is 5.91 Å². The van der Waals surface area contributed by atoms with Crippen molar-refractivity contribution in [3.05, 3.63) is 46.8 Å². The maximum Gasteiger partial charge on any atom is 0.422 e. The number of halogens is 3. The fraction of sp³-hybridized carbons (Fsp3) is 0.353. The van der Waals surface area contributed by atoms with Gasteiger partial charge >= 0.3 is 6.18 Å². The largest absolute Gasteiger partial charge is 0.482 e. The van der Waals surface area contributed by atoms with Gasteiger partial charge in [0.15, 0.2) is 12.3 Å². The zero-order valence-electron chi connectivity index (χ0n) is 15.5. The summed E-state index contributed by atoms with van der Waals surface area (Å²) < 4.78 is 44.5. The summed E-state index contributed by atoms with van der Waals surface area (Å²) in [5.41, 5.74) is 0.435. The van der Waals surface area contributed by atoms with Crippen molar-refractivity contribution < 1.29 is 22.7 Å². The van der Waals surface area contributed by atoms with Gasteiger partial charge in [-0.05, 0) is 12.1 Å². The first-order valence-electron chi connectivity index (χ1n) is 8.53. The Kier molecular flexibility index (Phi) is 5.52. The van der Waals surface area contributed by atoms with Gasteiger partial charge in [-0.2, -0.15) is 18.3 Å². The number of nitrogens with one attached hydrogen (secondary N) is 1. The Morgan fingerprint density at radius 1 is 1.31 bits per heavy atom. The molecule has 0 unspecified atom stereocenters. The molecule has 29 heavy (non-hydrogen) atoms. The SMILES string of the molecule is CC(C)c1nn(CC(=O)Nc2ccc3nncn3c2)c(=O)cc1OCC(F)(F)F. The number of fused-ring (bicyclic) bond motifs is 1. The van der Waals surface area contributed by atoms with Gasteiger partial charge in [0.25, 0.3) is 5.56 Å². The Labute approximate surface area is 162 Å². The first-order valence-corrected chi connectivity index (χ1v) is 8.53. The zero-order valence-corrected chi connectivity index (χ0v) is 15.5. The maximum absolute atomic E-state index is 12.4. The van der Waals surface area contributed by atoms with E-state index in [-0.39, 0.29) is 17.4 Å². The molecule has 1 amide bonds. The minimum atomic E-state index is -4.55. The minimum absolute atomic E-state index is 0.146. The predicted octanol–water partition coefficient (Wildman–Crippen LogP) is 1.99. The fourth-order valence-electron chi connectivity index (χ4n) is 2.52. The number of aromatic nitrogens is 5. The van der Waals surface area contributed by atoms with Crippen LogP contribution in [0.1, 0.15) is 25.5 Å². The molecule has 3 aromatic heterocycles. The van der Waals surface area contributed by atoms with Crippen molar-refractivity contribution in [2.75, 3.05) is 11.9 Å². The van der Waals surface area contributed by atoms with Crippen molar-refractivity contribution in [2.45, 2.75) is 32.5 Å². The van der Waals surface area contributed by atoms with Gasteiger partial charge in [0.05, 0.1) is 5.69 Å². The molecule has 0 fully saturated rings. The summed E-state index contributed by atoms with van der Waals surface area (Å²) in [5, 5.41) is 14.2. The highest BCUT2D eigenvalue weighted by Crippen LogP contribution is 2.24. The molecule has 1 N–H and O–H groups in total. The summed E-state index contributed by atoms with van der Waals surface area (Å²) in [4.78, 5) is 24.5. The standard InChI is InChI=1S/C17H17F3N6O3/c1-10(2)16-12(29-8-17(18,19)20)5-15(28)26(24-16)7-14(27)22-11-3-4-13-23-21-9-25(13)6-11/h3-6,9-10H,7-8H2,1-2H3,(H,22,27). The van der Waals surface area contributed by atoms with E-state index in [1.54, 1.807) is 36.6 Å². The highest BCUT2D eigenvalue weighted by atomic mass is 19.4. The Hall–Kier alpha value is -3.44. The number of carbonyl (C=O) groups is 1. The predicted molar refractivity (Wildman–Crippen MR) is 95.8 cm³/mol. The van der Waals surface area contributed by atoms with Crippen LogP contribution in [-0.4, -0.2) is 43.1 Å². The molecule has 0 aromatic carbocycles. The lowest BCUT2D eigenvalue weighted by molar-refractivity contribution is -0.153. The van der Waals surface area contributed by atoms with E-state index in [2.05, 4.69) is 20.6 Å². The molecule has 0 spiro atoms. The van der Waals surface area contributed by atoms with Crippen molar-refractivity contribution in [1.29, 1.82) is 0 Å². The lowest BCUT2D eigenvalue weighted by atomic mass is 10.1. The van der Waals surface area contributed by atoms with E-state index in [0.717, 1.165) is 10.7 Å². The minimum Gasteiger partial charge on any atom is -0.482 e. The van der Waals surface area contributed by atoms with Gasteiger partial charge in [-0.25, -0.2) is 4.68 Å². The van der Waals surface area contributed by atoms with Crippen LogP contribution in [0.5, 0.6) is 5.75 Å². The van der Waals surface area contributed by atoms with E-state index in [1.165, 1.54) is 6.33 Å². The Morgan fingerprint density at radius 3 is 2.76 bits per heavy atom. The second-order valence-corrected chi connectivity index (χ2v) is 6.51. The Balaban J connectivity index is 1.77. The normalized spacial score (nSPS) is 11.8. The van der Waals surface area contributed by atoms with Crippen molar-refractivity contribution in [3.8, 4) is 5.75 Å². The molecule has 154 valence electrons. The zero-order chi connectivity index (χ0) is 21.2. The lowest BCUT2D eigenvalue weighted by Crippen LogP contribution is -2.31. The number of hydrogen-bond acceptors (Lipinski definition) is 6. The van der Waals surface area contributed by atoms with Gasteiger partial charge < -0.3 is 10.1 Å². The molecule has 3 aromatic rings. The number of alkyl halides is 3. The van der Waals surface area contributed by atoms with Crippen LogP contribution in [0.25, 0.3) is 5.65 Å². The molecule has 3 heterocycles. The second kappa shape index (κ2) is 7.89. The maximum atomic E-state index is 12.4. The van der Waals surface area contributed by atoms with Crippen LogP contribution in [0, 0.1) is 0 Å². The van der Waals surface area contributed by atoms with Gasteiger partial charge in [-0.3, -0.25) is 14.0 Å². The number of ether oxygens (including phenoxy) is 1. The molecule has 12 heteroatoms. The van der Waals surface area contributed by atoms with Crippen LogP contribution in [-0.2, 0) is 11.3 Å². The third-order valence-electron chi connectivity index (χ3n) is 3.80. The van der Waals surface area contributed by atoms with Crippen LogP contribution < -0.4 is 15.6 Å². The number of carbonyl (C=O) groups excluding carboxylic acids is 1. The molecular formula is C17H17F3N6O3. The van der Waals surface area contributed by atoms with Crippen LogP contribution in [0.4, 0.5) is 18.9 Å². The van der Waals surface area contributed by atoms with E-state index < -0.39 is 30.8 Å². The average molecular weight is 410 g/mol. The summed E-state index contributed by atoms with van der Waals surface area (Å²) in [5.74, 6) is -1.12. The van der Waals surface area contributed by atoms with Gasteiger partial charge in [-0.15, -0.1) is 10.2 Å². The van der Waals surface area contributed by atoms with Crippen LogP contribution in [0.2, 0.25) is 0 Å². The number of anilines is 1. The first kappa shape index (κ1) is 20.3. The van der Waals surface area contributed by atoms with E-state index >= 15 is 0 Å². The topological polar surface area (TPSA) is 103 Å². The second-order valence-electron chi connectivity index (χ2n) is 6.51. The molecule has 0 aliphatic heterocycles. The van der Waals surface area contributed by atoms with Crippen molar-refractivity contribution in [3.63, 3.8) is 0 Å². The third-order valence-corrected chi connectivity index (χ3v) is 3.80. The fourth-order valence-corrected chi connectivity index (χ4v) is 2.52. The Morgan fingerprint density at radius 2 is 2.07 bits per heavy atom. The quantitative estimate of drug-likeness (QED) is 0.667. The number of amides is 1. The average Bonchev–Trinajstić information content (AvgIpc) is 3.08. The lowest BCUT2D eigenvalue weighted by Gasteiger charge is -2.16.